The predicted octanol–water partition coefficient (Wildman–Crippen LogP) is 6.66. The first-order valence-corrected chi connectivity index (χ1v) is 8.88. The minimum atomic E-state index is 0.750. The van der Waals surface area contributed by atoms with Gasteiger partial charge in [0.15, 0.2) is 0 Å². The molecule has 0 amide bonds. The van der Waals surface area contributed by atoms with Crippen LogP contribution in [0.15, 0.2) is 48.5 Å². The van der Waals surface area contributed by atoms with Gasteiger partial charge in [0.1, 0.15) is 11.5 Å². The summed E-state index contributed by atoms with van der Waals surface area (Å²) in [5, 5.41) is 0. The maximum atomic E-state index is 5.94. The molecule has 0 aliphatic heterocycles. The smallest absolute Gasteiger partial charge is 0.127 e. The second kappa shape index (κ2) is 8.76. The van der Waals surface area contributed by atoms with E-state index < -0.39 is 0 Å². The molecule has 124 valence electrons. The van der Waals surface area contributed by atoms with Gasteiger partial charge in [0.25, 0.3) is 0 Å². The third kappa shape index (κ3) is 6.48. The maximum Gasteiger partial charge on any atom is 0.127 e. The van der Waals surface area contributed by atoms with Crippen LogP contribution in [-0.4, -0.2) is 0 Å². The Kier molecular flexibility index (Phi) is 6.70. The average molecular weight is 310 g/mol. The summed E-state index contributed by atoms with van der Waals surface area (Å²) >= 11 is 0. The van der Waals surface area contributed by atoms with E-state index in [-0.39, 0.29) is 0 Å². The van der Waals surface area contributed by atoms with Crippen molar-refractivity contribution in [2.75, 3.05) is 0 Å². The highest BCUT2D eigenvalue weighted by atomic mass is 16.5. The van der Waals surface area contributed by atoms with E-state index >= 15 is 0 Å². The van der Waals surface area contributed by atoms with E-state index in [1.165, 1.54) is 24.0 Å². The van der Waals surface area contributed by atoms with Crippen LogP contribution in [0.3, 0.4) is 0 Å². The largest absolute Gasteiger partial charge is 0.457 e. The monoisotopic (exact) mass is 310 g/mol. The number of rotatable bonds is 8. The molecular weight excluding hydrogens is 280 g/mol. The lowest BCUT2D eigenvalue weighted by Gasteiger charge is -2.09. The van der Waals surface area contributed by atoms with E-state index in [1.54, 1.807) is 0 Å². The third-order valence-corrected chi connectivity index (χ3v) is 4.10. The Morgan fingerprint density at radius 1 is 0.609 bits per heavy atom. The van der Waals surface area contributed by atoms with Crippen LogP contribution in [0.2, 0.25) is 0 Å². The number of aryl methyl sites for hydroxylation is 2. The lowest BCUT2D eigenvalue weighted by molar-refractivity contribution is 0.482. The van der Waals surface area contributed by atoms with Crippen molar-refractivity contribution in [2.45, 2.75) is 53.4 Å². The molecule has 0 radical (unpaired) electrons. The van der Waals surface area contributed by atoms with Crippen molar-refractivity contribution in [3.05, 3.63) is 59.7 Å². The van der Waals surface area contributed by atoms with Crippen molar-refractivity contribution in [1.29, 1.82) is 0 Å². The summed E-state index contributed by atoms with van der Waals surface area (Å²) in [6.07, 6.45) is 4.75. The standard InChI is InChI=1S/C22H30O/c1-17(2)5-7-19-9-13-21(14-10-19)23-22-15-11-20(12-16-22)8-6-18(3)4/h9-18H,5-8H2,1-4H3. The van der Waals surface area contributed by atoms with Gasteiger partial charge in [-0.1, -0.05) is 52.0 Å². The van der Waals surface area contributed by atoms with E-state index in [0.717, 1.165) is 36.2 Å². The van der Waals surface area contributed by atoms with Gasteiger partial charge in [-0.25, -0.2) is 0 Å². The molecule has 1 heteroatoms. The molecule has 1 nitrogen and oxygen atoms in total. The fourth-order valence-electron chi connectivity index (χ4n) is 2.50. The summed E-state index contributed by atoms with van der Waals surface area (Å²) in [5.41, 5.74) is 2.77. The van der Waals surface area contributed by atoms with Gasteiger partial charge in [0, 0.05) is 0 Å². The predicted molar refractivity (Wildman–Crippen MR) is 99.3 cm³/mol. The van der Waals surface area contributed by atoms with Crippen molar-refractivity contribution in [3.63, 3.8) is 0 Å². The molecule has 2 aromatic carbocycles. The minimum Gasteiger partial charge on any atom is -0.457 e. The fraction of sp³-hybridized carbons (Fsp3) is 0.455. The van der Waals surface area contributed by atoms with Gasteiger partial charge in [0.2, 0.25) is 0 Å². The molecule has 0 fully saturated rings. The molecule has 0 saturated heterocycles. The number of hydrogen-bond acceptors (Lipinski definition) is 1. The van der Waals surface area contributed by atoms with E-state index in [0.29, 0.717) is 0 Å². The van der Waals surface area contributed by atoms with Crippen LogP contribution < -0.4 is 4.74 Å². The van der Waals surface area contributed by atoms with Gasteiger partial charge in [-0.2, -0.15) is 0 Å². The highest BCUT2D eigenvalue weighted by Gasteiger charge is 2.01. The molecule has 0 atom stereocenters. The van der Waals surface area contributed by atoms with Gasteiger partial charge in [-0.3, -0.25) is 0 Å². The molecule has 23 heavy (non-hydrogen) atoms. The molecule has 0 saturated carbocycles. The summed E-state index contributed by atoms with van der Waals surface area (Å²) in [4.78, 5) is 0. The van der Waals surface area contributed by atoms with Crippen LogP contribution in [0.1, 0.15) is 51.7 Å². The zero-order chi connectivity index (χ0) is 16.7. The number of hydrogen-bond donors (Lipinski definition) is 0. The first kappa shape index (κ1) is 17.6. The zero-order valence-corrected chi connectivity index (χ0v) is 15.0. The SMILES string of the molecule is CC(C)CCc1ccc(Oc2ccc(CCC(C)C)cc2)cc1. The van der Waals surface area contributed by atoms with E-state index in [9.17, 15) is 0 Å². The summed E-state index contributed by atoms with van der Waals surface area (Å²) in [6, 6.07) is 17.0. The number of benzene rings is 2. The van der Waals surface area contributed by atoms with Crippen LogP contribution in [0.25, 0.3) is 0 Å². The quantitative estimate of drug-likeness (QED) is 0.530. The molecule has 0 bridgehead atoms. The van der Waals surface area contributed by atoms with Gasteiger partial charge >= 0.3 is 0 Å². The molecule has 0 N–H and O–H groups in total. The second-order valence-electron chi connectivity index (χ2n) is 7.26. The Hall–Kier alpha value is -1.76. The van der Waals surface area contributed by atoms with Crippen molar-refractivity contribution in [2.24, 2.45) is 11.8 Å². The summed E-state index contributed by atoms with van der Waals surface area (Å²) in [7, 11) is 0. The van der Waals surface area contributed by atoms with Gasteiger partial charge < -0.3 is 4.74 Å². The Balaban J connectivity index is 1.88. The van der Waals surface area contributed by atoms with Crippen LogP contribution in [-0.2, 0) is 12.8 Å². The summed E-state index contributed by atoms with van der Waals surface area (Å²) < 4.78 is 5.94. The fourth-order valence-corrected chi connectivity index (χ4v) is 2.50. The summed E-state index contributed by atoms with van der Waals surface area (Å²) in [6.45, 7) is 9.06. The molecule has 0 aliphatic rings. The maximum absolute atomic E-state index is 5.94. The van der Waals surface area contributed by atoms with E-state index in [2.05, 4.69) is 76.2 Å². The molecule has 2 rings (SSSR count). The highest BCUT2D eigenvalue weighted by molar-refractivity contribution is 5.34. The van der Waals surface area contributed by atoms with Crippen LogP contribution >= 0.6 is 0 Å². The Bertz CT molecular complexity index is 510. The first-order chi connectivity index (χ1) is 11.0. The van der Waals surface area contributed by atoms with Crippen LogP contribution in [0, 0.1) is 11.8 Å². The molecule has 0 spiro atoms. The van der Waals surface area contributed by atoms with Gasteiger partial charge in [-0.15, -0.1) is 0 Å². The minimum absolute atomic E-state index is 0.750. The van der Waals surface area contributed by atoms with Crippen molar-refractivity contribution in [1.82, 2.24) is 0 Å². The summed E-state index contributed by atoms with van der Waals surface area (Å²) in [5.74, 6) is 3.32. The van der Waals surface area contributed by atoms with Crippen molar-refractivity contribution < 1.29 is 4.74 Å². The lowest BCUT2D eigenvalue weighted by Crippen LogP contribution is -1.93. The van der Waals surface area contributed by atoms with Crippen molar-refractivity contribution in [3.8, 4) is 11.5 Å². The topological polar surface area (TPSA) is 9.23 Å². The Morgan fingerprint density at radius 3 is 1.26 bits per heavy atom. The number of ether oxygens (including phenoxy) is 1. The highest BCUT2D eigenvalue weighted by Crippen LogP contribution is 2.23. The lowest BCUT2D eigenvalue weighted by atomic mass is 10.0. The van der Waals surface area contributed by atoms with Gasteiger partial charge in [-0.05, 0) is 72.9 Å². The van der Waals surface area contributed by atoms with Gasteiger partial charge in [0.05, 0.1) is 0 Å². The molecular formula is C22H30O. The normalized spacial score (nSPS) is 11.2. The molecule has 0 aromatic heterocycles. The molecule has 0 aliphatic carbocycles. The Labute approximate surface area is 141 Å². The first-order valence-electron chi connectivity index (χ1n) is 8.88. The average Bonchev–Trinajstić information content (AvgIpc) is 2.53. The van der Waals surface area contributed by atoms with E-state index in [1.807, 2.05) is 0 Å². The van der Waals surface area contributed by atoms with E-state index in [4.69, 9.17) is 4.74 Å². The molecule has 0 heterocycles. The zero-order valence-electron chi connectivity index (χ0n) is 15.0. The Morgan fingerprint density at radius 2 is 0.957 bits per heavy atom. The van der Waals surface area contributed by atoms with Crippen LogP contribution in [0.4, 0.5) is 0 Å². The molecule has 0 unspecified atom stereocenters. The molecule has 2 aromatic rings. The second-order valence-corrected chi connectivity index (χ2v) is 7.26. The van der Waals surface area contributed by atoms with Crippen LogP contribution in [0.5, 0.6) is 11.5 Å². The van der Waals surface area contributed by atoms with Crippen molar-refractivity contribution >= 4 is 0 Å². The third-order valence-electron chi connectivity index (χ3n) is 4.10.